The number of aromatic nitrogens is 2. The highest BCUT2D eigenvalue weighted by Gasteiger charge is 2.33. The number of carbonyl (C=O) groups excluding carboxylic acids is 1. The number of nitrogens with one attached hydrogen (secondary N) is 3. The predicted molar refractivity (Wildman–Crippen MR) is 123 cm³/mol. The zero-order chi connectivity index (χ0) is 21.8. The van der Waals surface area contributed by atoms with Gasteiger partial charge in [-0.2, -0.15) is 0 Å². The summed E-state index contributed by atoms with van der Waals surface area (Å²) in [5.41, 5.74) is 3.08. The average molecular weight is 422 g/mol. The Morgan fingerprint density at radius 1 is 1.26 bits per heavy atom. The highest BCUT2D eigenvalue weighted by atomic mass is 16.5. The second-order valence-corrected chi connectivity index (χ2v) is 8.45. The number of aromatic amines is 1. The molecule has 1 aliphatic rings. The lowest BCUT2D eigenvalue weighted by molar-refractivity contribution is -0.123. The number of hydrogen-bond donors (Lipinski definition) is 3. The van der Waals surface area contributed by atoms with Crippen molar-refractivity contribution in [1.29, 1.82) is 0 Å². The number of ether oxygens (including phenoxy) is 1. The van der Waals surface area contributed by atoms with E-state index in [9.17, 15) is 4.79 Å². The molecule has 0 radical (unpaired) electrons. The normalized spacial score (nSPS) is 18.6. The van der Waals surface area contributed by atoms with Gasteiger partial charge < -0.3 is 25.3 Å². The maximum atomic E-state index is 12.7. The van der Waals surface area contributed by atoms with Gasteiger partial charge in [0.1, 0.15) is 17.1 Å². The van der Waals surface area contributed by atoms with Crippen molar-refractivity contribution in [2.75, 3.05) is 33.7 Å². The Labute approximate surface area is 183 Å². The Morgan fingerprint density at radius 3 is 2.84 bits per heavy atom. The summed E-state index contributed by atoms with van der Waals surface area (Å²) in [5.74, 6) is 1.81. The summed E-state index contributed by atoms with van der Waals surface area (Å²) in [6.07, 6.45) is 5.58. The van der Waals surface area contributed by atoms with Gasteiger partial charge >= 0.3 is 0 Å². The van der Waals surface area contributed by atoms with E-state index < -0.39 is 0 Å². The molecular formula is C24H31N5O2. The second-order valence-electron chi connectivity index (χ2n) is 8.45. The molecule has 1 aromatic carbocycles. The van der Waals surface area contributed by atoms with Crippen molar-refractivity contribution in [2.24, 2.45) is 0 Å². The van der Waals surface area contributed by atoms with E-state index in [0.29, 0.717) is 6.54 Å². The molecular weight excluding hydrogens is 390 g/mol. The first-order chi connectivity index (χ1) is 15.0. The SMILES string of the molecule is Cc1c[nH]c2nccc(Oc3ccc(C4CCN[C@@H]4C(=O)NCCCN(C)C)cc3)c12. The van der Waals surface area contributed by atoms with Gasteiger partial charge in [-0.3, -0.25) is 4.79 Å². The molecule has 0 bridgehead atoms. The molecule has 164 valence electrons. The predicted octanol–water partition coefficient (Wildman–Crippen LogP) is 3.18. The molecule has 2 aromatic heterocycles. The van der Waals surface area contributed by atoms with E-state index in [1.807, 2.05) is 45.4 Å². The van der Waals surface area contributed by atoms with Gasteiger partial charge in [-0.05, 0) is 76.3 Å². The molecule has 3 N–H and O–H groups in total. The summed E-state index contributed by atoms with van der Waals surface area (Å²) < 4.78 is 6.15. The molecule has 7 heteroatoms. The molecule has 3 aromatic rings. The Hall–Kier alpha value is -2.90. The number of pyridine rings is 1. The van der Waals surface area contributed by atoms with Gasteiger partial charge in [-0.1, -0.05) is 12.1 Å². The monoisotopic (exact) mass is 421 g/mol. The molecule has 7 nitrogen and oxygen atoms in total. The first-order valence-electron chi connectivity index (χ1n) is 10.9. The van der Waals surface area contributed by atoms with Crippen LogP contribution in [0.2, 0.25) is 0 Å². The molecule has 0 spiro atoms. The summed E-state index contributed by atoms with van der Waals surface area (Å²) in [5, 5.41) is 7.45. The molecule has 1 aliphatic heterocycles. The third-order valence-corrected chi connectivity index (χ3v) is 5.85. The molecule has 3 heterocycles. The third-order valence-electron chi connectivity index (χ3n) is 5.85. The Kier molecular flexibility index (Phi) is 6.53. The van der Waals surface area contributed by atoms with Crippen LogP contribution in [0.15, 0.2) is 42.7 Å². The number of aryl methyl sites for hydroxylation is 1. The standard InChI is InChI=1S/C24H31N5O2/c1-16-15-28-23-21(16)20(10-13-26-23)31-18-7-5-17(6-8-18)19-9-12-25-22(19)24(30)27-11-4-14-29(2)3/h5-8,10,13,15,19,22,25H,4,9,11-12,14H2,1-3H3,(H,26,28)(H,27,30)/t19?,22-/m0/s1. The van der Waals surface area contributed by atoms with Gasteiger partial charge in [0.2, 0.25) is 5.91 Å². The number of carbonyl (C=O) groups is 1. The highest BCUT2D eigenvalue weighted by Crippen LogP contribution is 2.33. The Balaban J connectivity index is 1.41. The number of fused-ring (bicyclic) bond motifs is 1. The molecule has 31 heavy (non-hydrogen) atoms. The quantitative estimate of drug-likeness (QED) is 0.487. The third kappa shape index (κ3) is 4.89. The van der Waals surface area contributed by atoms with Crippen LogP contribution in [0, 0.1) is 6.92 Å². The van der Waals surface area contributed by atoms with E-state index in [1.54, 1.807) is 6.20 Å². The van der Waals surface area contributed by atoms with Crippen molar-refractivity contribution in [1.82, 2.24) is 25.5 Å². The fourth-order valence-corrected chi connectivity index (χ4v) is 4.23. The zero-order valence-electron chi connectivity index (χ0n) is 18.4. The number of hydrogen-bond acceptors (Lipinski definition) is 5. The molecule has 1 amide bonds. The van der Waals surface area contributed by atoms with Crippen LogP contribution in [-0.2, 0) is 4.79 Å². The van der Waals surface area contributed by atoms with Crippen molar-refractivity contribution in [3.63, 3.8) is 0 Å². The van der Waals surface area contributed by atoms with Gasteiger partial charge in [0.25, 0.3) is 0 Å². The second kappa shape index (κ2) is 9.49. The van der Waals surface area contributed by atoms with Crippen molar-refractivity contribution < 1.29 is 9.53 Å². The topological polar surface area (TPSA) is 82.3 Å². The molecule has 2 atom stereocenters. The first-order valence-corrected chi connectivity index (χ1v) is 10.9. The zero-order valence-corrected chi connectivity index (χ0v) is 18.4. The fourth-order valence-electron chi connectivity index (χ4n) is 4.23. The molecule has 1 saturated heterocycles. The minimum Gasteiger partial charge on any atom is -0.457 e. The minimum atomic E-state index is -0.187. The van der Waals surface area contributed by atoms with E-state index in [4.69, 9.17) is 4.74 Å². The van der Waals surface area contributed by atoms with E-state index in [2.05, 4.69) is 37.6 Å². The van der Waals surface area contributed by atoms with Gasteiger partial charge in [-0.25, -0.2) is 4.98 Å². The first kappa shape index (κ1) is 21.3. The fraction of sp³-hybridized carbons (Fsp3) is 0.417. The highest BCUT2D eigenvalue weighted by molar-refractivity contribution is 5.86. The van der Waals surface area contributed by atoms with Crippen molar-refractivity contribution >= 4 is 16.9 Å². The van der Waals surface area contributed by atoms with Crippen LogP contribution in [0.1, 0.15) is 29.9 Å². The lowest BCUT2D eigenvalue weighted by atomic mass is 9.91. The van der Waals surface area contributed by atoms with Crippen LogP contribution >= 0.6 is 0 Å². The van der Waals surface area contributed by atoms with Crippen LogP contribution in [-0.4, -0.2) is 60.5 Å². The maximum absolute atomic E-state index is 12.7. The van der Waals surface area contributed by atoms with E-state index in [-0.39, 0.29) is 17.9 Å². The lowest BCUT2D eigenvalue weighted by Gasteiger charge is -2.20. The van der Waals surface area contributed by atoms with Crippen LogP contribution in [0.5, 0.6) is 11.5 Å². The smallest absolute Gasteiger partial charge is 0.237 e. The van der Waals surface area contributed by atoms with Crippen molar-refractivity contribution in [3.05, 3.63) is 53.9 Å². The Bertz CT molecular complexity index is 1030. The number of rotatable bonds is 8. The van der Waals surface area contributed by atoms with Crippen LogP contribution in [0.3, 0.4) is 0 Å². The minimum absolute atomic E-state index is 0.0868. The number of amides is 1. The number of nitrogens with zero attached hydrogens (tertiary/aromatic N) is 2. The van der Waals surface area contributed by atoms with Gasteiger partial charge in [0.05, 0.1) is 11.4 Å². The van der Waals surface area contributed by atoms with Crippen LogP contribution in [0.4, 0.5) is 0 Å². The Morgan fingerprint density at radius 2 is 2.06 bits per heavy atom. The maximum Gasteiger partial charge on any atom is 0.237 e. The summed E-state index contributed by atoms with van der Waals surface area (Å²) in [7, 11) is 4.08. The molecule has 4 rings (SSSR count). The molecule has 1 fully saturated rings. The number of H-pyrrole nitrogens is 1. The average Bonchev–Trinajstić information content (AvgIpc) is 3.39. The largest absolute Gasteiger partial charge is 0.457 e. The summed E-state index contributed by atoms with van der Waals surface area (Å²) in [4.78, 5) is 22.3. The molecule has 0 aliphatic carbocycles. The van der Waals surface area contributed by atoms with Crippen molar-refractivity contribution in [3.8, 4) is 11.5 Å². The summed E-state index contributed by atoms with van der Waals surface area (Å²) in [6.45, 7) is 4.55. The lowest BCUT2D eigenvalue weighted by Crippen LogP contribution is -2.43. The van der Waals surface area contributed by atoms with Crippen LogP contribution < -0.4 is 15.4 Å². The molecule has 0 saturated carbocycles. The van der Waals surface area contributed by atoms with E-state index >= 15 is 0 Å². The summed E-state index contributed by atoms with van der Waals surface area (Å²) in [6, 6.07) is 9.80. The van der Waals surface area contributed by atoms with Crippen molar-refractivity contribution in [2.45, 2.75) is 31.7 Å². The van der Waals surface area contributed by atoms with Crippen LogP contribution in [0.25, 0.3) is 11.0 Å². The van der Waals surface area contributed by atoms with Gasteiger partial charge in [0.15, 0.2) is 0 Å². The summed E-state index contributed by atoms with van der Waals surface area (Å²) >= 11 is 0. The van der Waals surface area contributed by atoms with E-state index in [1.165, 1.54) is 0 Å². The van der Waals surface area contributed by atoms with Gasteiger partial charge in [0, 0.05) is 24.9 Å². The van der Waals surface area contributed by atoms with E-state index in [0.717, 1.165) is 59.6 Å². The van der Waals surface area contributed by atoms with Gasteiger partial charge in [-0.15, -0.1) is 0 Å². The number of benzene rings is 1. The molecule has 1 unspecified atom stereocenters.